The van der Waals surface area contributed by atoms with E-state index in [4.69, 9.17) is 10.5 Å². The van der Waals surface area contributed by atoms with Gasteiger partial charge in [0, 0.05) is 40.0 Å². The van der Waals surface area contributed by atoms with Crippen molar-refractivity contribution in [3.63, 3.8) is 0 Å². The monoisotopic (exact) mass is 348 g/mol. The van der Waals surface area contributed by atoms with E-state index in [1.807, 2.05) is 32.2 Å². The lowest BCUT2D eigenvalue weighted by Crippen LogP contribution is -2.16. The van der Waals surface area contributed by atoms with Crippen molar-refractivity contribution in [3.8, 4) is 5.75 Å². The van der Waals surface area contributed by atoms with Crippen LogP contribution in [0.25, 0.3) is 0 Å². The lowest BCUT2D eigenvalue weighted by atomic mass is 9.96. The number of pyridine rings is 1. The predicted molar refractivity (Wildman–Crippen MR) is 89.8 cm³/mol. The van der Waals surface area contributed by atoms with E-state index in [1.54, 1.807) is 7.11 Å². The predicted octanol–water partition coefficient (Wildman–Crippen LogP) is 4.02. The molecule has 1 heterocycles. The zero-order valence-corrected chi connectivity index (χ0v) is 14.5. The zero-order valence-electron chi connectivity index (χ0n) is 12.9. The van der Waals surface area contributed by atoms with Crippen LogP contribution in [0.5, 0.6) is 5.75 Å². The maximum absolute atomic E-state index is 6.39. The van der Waals surface area contributed by atoms with E-state index >= 15 is 0 Å². The number of hydrogen-bond acceptors (Lipinski definition) is 3. The van der Waals surface area contributed by atoms with E-state index < -0.39 is 0 Å². The summed E-state index contributed by atoms with van der Waals surface area (Å²) in [4.78, 5) is 4.53. The number of methoxy groups -OCH3 is 1. The van der Waals surface area contributed by atoms with Crippen LogP contribution in [-0.2, 0) is 6.42 Å². The lowest BCUT2D eigenvalue weighted by Gasteiger charge is -2.18. The van der Waals surface area contributed by atoms with E-state index in [0.29, 0.717) is 6.42 Å². The Balaban J connectivity index is 2.32. The standard InChI is InChI=1S/C17H21BrN2O/c1-10-9-20-16(12(3)17(10)21-4)8-15(19)13-6-5-7-14(18)11(13)2/h5-7,9,15H,8,19H2,1-4H3. The summed E-state index contributed by atoms with van der Waals surface area (Å²) in [5, 5.41) is 0. The summed E-state index contributed by atoms with van der Waals surface area (Å²) in [6.07, 6.45) is 2.54. The molecule has 4 heteroatoms. The van der Waals surface area contributed by atoms with Crippen molar-refractivity contribution >= 4 is 15.9 Å². The summed E-state index contributed by atoms with van der Waals surface area (Å²) in [6.45, 7) is 6.12. The Hall–Kier alpha value is -1.39. The summed E-state index contributed by atoms with van der Waals surface area (Å²) >= 11 is 3.56. The van der Waals surface area contributed by atoms with Gasteiger partial charge in [-0.3, -0.25) is 4.98 Å². The molecular weight excluding hydrogens is 328 g/mol. The van der Waals surface area contributed by atoms with Crippen molar-refractivity contribution < 1.29 is 4.74 Å². The average Bonchev–Trinajstić information content (AvgIpc) is 2.45. The number of aryl methyl sites for hydroxylation is 1. The Labute approximate surface area is 134 Å². The van der Waals surface area contributed by atoms with Crippen LogP contribution < -0.4 is 10.5 Å². The molecule has 0 spiro atoms. The van der Waals surface area contributed by atoms with Crippen LogP contribution in [0.3, 0.4) is 0 Å². The first-order valence-electron chi connectivity index (χ1n) is 6.95. The summed E-state index contributed by atoms with van der Waals surface area (Å²) in [5.74, 6) is 0.901. The minimum atomic E-state index is -0.0823. The Morgan fingerprint density at radius 3 is 2.62 bits per heavy atom. The molecule has 0 aliphatic carbocycles. The Morgan fingerprint density at radius 2 is 1.95 bits per heavy atom. The molecule has 0 saturated heterocycles. The van der Waals surface area contributed by atoms with Crippen LogP contribution in [0.1, 0.15) is 34.0 Å². The molecule has 1 atom stereocenters. The van der Waals surface area contributed by atoms with Crippen LogP contribution in [-0.4, -0.2) is 12.1 Å². The number of hydrogen-bond donors (Lipinski definition) is 1. The number of nitrogens with zero attached hydrogens (tertiary/aromatic N) is 1. The highest BCUT2D eigenvalue weighted by atomic mass is 79.9. The summed E-state index contributed by atoms with van der Waals surface area (Å²) < 4.78 is 6.54. The topological polar surface area (TPSA) is 48.1 Å². The molecule has 21 heavy (non-hydrogen) atoms. The fraction of sp³-hybridized carbons (Fsp3) is 0.353. The van der Waals surface area contributed by atoms with Gasteiger partial charge in [0.1, 0.15) is 5.75 Å². The highest BCUT2D eigenvalue weighted by Gasteiger charge is 2.16. The molecule has 1 unspecified atom stereocenters. The number of nitrogens with two attached hydrogens (primary N) is 1. The fourth-order valence-corrected chi connectivity index (χ4v) is 3.00. The largest absolute Gasteiger partial charge is 0.496 e. The lowest BCUT2D eigenvalue weighted by molar-refractivity contribution is 0.406. The van der Waals surface area contributed by atoms with E-state index in [9.17, 15) is 0 Å². The maximum atomic E-state index is 6.39. The zero-order chi connectivity index (χ0) is 15.6. The SMILES string of the molecule is COc1c(C)cnc(CC(N)c2cccc(Br)c2C)c1C. The molecular formula is C17H21BrN2O. The molecule has 0 aliphatic rings. The molecule has 0 saturated carbocycles. The van der Waals surface area contributed by atoms with Gasteiger partial charge in [0.2, 0.25) is 0 Å². The Kier molecular flexibility index (Phi) is 5.01. The van der Waals surface area contributed by atoms with Crippen molar-refractivity contribution in [1.82, 2.24) is 4.98 Å². The first-order chi connectivity index (χ1) is 9.95. The van der Waals surface area contributed by atoms with Gasteiger partial charge in [-0.2, -0.15) is 0 Å². The third-order valence-corrected chi connectivity index (χ3v) is 4.73. The number of ether oxygens (including phenoxy) is 1. The van der Waals surface area contributed by atoms with Gasteiger partial charge >= 0.3 is 0 Å². The number of rotatable bonds is 4. The molecule has 1 aromatic heterocycles. The molecule has 3 nitrogen and oxygen atoms in total. The van der Waals surface area contributed by atoms with Gasteiger partial charge in [0.15, 0.2) is 0 Å². The van der Waals surface area contributed by atoms with Crippen LogP contribution >= 0.6 is 15.9 Å². The quantitative estimate of drug-likeness (QED) is 0.907. The smallest absolute Gasteiger partial charge is 0.128 e. The number of halogens is 1. The van der Waals surface area contributed by atoms with Crippen molar-refractivity contribution in [1.29, 1.82) is 0 Å². The highest BCUT2D eigenvalue weighted by Crippen LogP contribution is 2.29. The van der Waals surface area contributed by atoms with E-state index in [0.717, 1.165) is 32.6 Å². The van der Waals surface area contributed by atoms with Crippen LogP contribution in [0.4, 0.5) is 0 Å². The molecule has 0 radical (unpaired) electrons. The average molecular weight is 349 g/mol. The van der Waals surface area contributed by atoms with Gasteiger partial charge < -0.3 is 10.5 Å². The first-order valence-corrected chi connectivity index (χ1v) is 7.74. The minimum Gasteiger partial charge on any atom is -0.496 e. The van der Waals surface area contributed by atoms with Crippen molar-refractivity contribution in [2.45, 2.75) is 33.2 Å². The summed E-state index contributed by atoms with van der Waals surface area (Å²) in [5.41, 5.74) is 11.8. The van der Waals surface area contributed by atoms with Gasteiger partial charge in [-0.15, -0.1) is 0 Å². The highest BCUT2D eigenvalue weighted by molar-refractivity contribution is 9.10. The summed E-state index contributed by atoms with van der Waals surface area (Å²) in [7, 11) is 1.69. The summed E-state index contributed by atoms with van der Waals surface area (Å²) in [6, 6.07) is 6.04. The molecule has 1 aromatic carbocycles. The second kappa shape index (κ2) is 6.58. The van der Waals surface area contributed by atoms with E-state index in [2.05, 4.69) is 33.9 Å². The fourth-order valence-electron chi connectivity index (χ4n) is 2.62. The van der Waals surface area contributed by atoms with Gasteiger partial charge in [-0.1, -0.05) is 28.1 Å². The van der Waals surface area contributed by atoms with Crippen LogP contribution in [0, 0.1) is 20.8 Å². The first kappa shape index (κ1) is 16.0. The normalized spacial score (nSPS) is 12.3. The number of aromatic nitrogens is 1. The van der Waals surface area contributed by atoms with E-state index in [-0.39, 0.29) is 6.04 Å². The molecule has 2 N–H and O–H groups in total. The molecule has 112 valence electrons. The van der Waals surface area contributed by atoms with Crippen molar-refractivity contribution in [2.75, 3.05) is 7.11 Å². The molecule has 2 aromatic rings. The molecule has 2 rings (SSSR count). The Bertz CT molecular complexity index is 655. The van der Waals surface area contributed by atoms with Gasteiger partial charge in [0.25, 0.3) is 0 Å². The third-order valence-electron chi connectivity index (χ3n) is 3.87. The van der Waals surface area contributed by atoms with Crippen LogP contribution in [0.2, 0.25) is 0 Å². The van der Waals surface area contributed by atoms with Crippen LogP contribution in [0.15, 0.2) is 28.9 Å². The molecule has 0 fully saturated rings. The van der Waals surface area contributed by atoms with Crippen molar-refractivity contribution in [2.24, 2.45) is 5.73 Å². The van der Waals surface area contributed by atoms with Gasteiger partial charge in [0.05, 0.1) is 7.11 Å². The van der Waals surface area contributed by atoms with E-state index in [1.165, 1.54) is 5.56 Å². The third kappa shape index (κ3) is 3.27. The molecule has 0 bridgehead atoms. The second-order valence-electron chi connectivity index (χ2n) is 5.31. The van der Waals surface area contributed by atoms with Crippen molar-refractivity contribution in [3.05, 3.63) is 56.8 Å². The molecule has 0 aliphatic heterocycles. The number of benzene rings is 1. The minimum absolute atomic E-state index is 0.0823. The van der Waals surface area contributed by atoms with Gasteiger partial charge in [-0.05, 0) is 38.0 Å². The Morgan fingerprint density at radius 1 is 1.24 bits per heavy atom. The maximum Gasteiger partial charge on any atom is 0.128 e. The van der Waals surface area contributed by atoms with Gasteiger partial charge in [-0.25, -0.2) is 0 Å². The second-order valence-corrected chi connectivity index (χ2v) is 6.17. The molecule has 0 amide bonds.